The number of benzene rings is 2. The summed E-state index contributed by atoms with van der Waals surface area (Å²) >= 11 is 10.0. The summed E-state index contributed by atoms with van der Waals surface area (Å²) in [6.07, 6.45) is 2.38. The van der Waals surface area contributed by atoms with Crippen molar-refractivity contribution in [2.75, 3.05) is 6.54 Å². The fraction of sp³-hybridized carbons (Fsp3) is 0.111. The number of primary sulfonamides is 1. The van der Waals surface area contributed by atoms with Gasteiger partial charge in [0.1, 0.15) is 4.32 Å². The van der Waals surface area contributed by atoms with Crippen LogP contribution < -0.4 is 5.14 Å². The predicted octanol–water partition coefficient (Wildman–Crippen LogP) is 3.54. The highest BCUT2D eigenvalue weighted by atomic mass is 79.9. The third-order valence-electron chi connectivity index (χ3n) is 3.92. The molecule has 140 valence electrons. The van der Waals surface area contributed by atoms with Crippen molar-refractivity contribution in [2.45, 2.75) is 11.3 Å². The molecule has 2 N–H and O–H groups in total. The minimum Gasteiger partial charge on any atom is -0.293 e. The number of nitrogens with two attached hydrogens (primary N) is 1. The zero-order valence-electron chi connectivity index (χ0n) is 14.0. The second-order valence-electron chi connectivity index (χ2n) is 5.82. The van der Waals surface area contributed by atoms with Gasteiger partial charge in [-0.25, -0.2) is 13.6 Å². The zero-order chi connectivity index (χ0) is 19.6. The summed E-state index contributed by atoms with van der Waals surface area (Å²) in [5.74, 6) is -0.117. The molecule has 1 heterocycles. The van der Waals surface area contributed by atoms with Crippen LogP contribution in [-0.2, 0) is 21.2 Å². The van der Waals surface area contributed by atoms with Crippen LogP contribution in [0.5, 0.6) is 0 Å². The number of halogens is 1. The number of sulfonamides is 1. The molecule has 0 unspecified atom stereocenters. The Bertz CT molecular complexity index is 1020. The molecule has 1 amide bonds. The van der Waals surface area contributed by atoms with E-state index in [1.807, 2.05) is 30.3 Å². The Kier molecular flexibility index (Phi) is 6.17. The summed E-state index contributed by atoms with van der Waals surface area (Å²) < 4.78 is 24.1. The van der Waals surface area contributed by atoms with Crippen LogP contribution >= 0.6 is 39.9 Å². The number of rotatable bonds is 5. The summed E-state index contributed by atoms with van der Waals surface area (Å²) in [5, 5.41) is 5.09. The van der Waals surface area contributed by atoms with Gasteiger partial charge in [-0.05, 0) is 47.9 Å². The van der Waals surface area contributed by atoms with Crippen molar-refractivity contribution in [3.8, 4) is 0 Å². The van der Waals surface area contributed by atoms with Gasteiger partial charge < -0.3 is 0 Å². The molecule has 1 aliphatic rings. The Morgan fingerprint density at radius 3 is 2.33 bits per heavy atom. The molecule has 0 aromatic heterocycles. The lowest BCUT2D eigenvalue weighted by atomic mass is 10.1. The van der Waals surface area contributed by atoms with E-state index >= 15 is 0 Å². The fourth-order valence-electron chi connectivity index (χ4n) is 2.49. The molecule has 0 radical (unpaired) electrons. The first-order valence-corrected chi connectivity index (χ1v) is 11.4. The average molecular weight is 483 g/mol. The van der Waals surface area contributed by atoms with Crippen molar-refractivity contribution in [3.63, 3.8) is 0 Å². The molecule has 0 aliphatic carbocycles. The van der Waals surface area contributed by atoms with Gasteiger partial charge in [-0.15, -0.1) is 0 Å². The number of thiocarbonyl (C=S) groups is 1. The lowest BCUT2D eigenvalue weighted by Crippen LogP contribution is -2.30. The van der Waals surface area contributed by atoms with Crippen LogP contribution in [0.25, 0.3) is 6.08 Å². The van der Waals surface area contributed by atoms with E-state index in [0.717, 1.165) is 15.6 Å². The highest BCUT2D eigenvalue weighted by Gasteiger charge is 2.31. The van der Waals surface area contributed by atoms with Crippen LogP contribution in [0.1, 0.15) is 11.1 Å². The van der Waals surface area contributed by atoms with Crippen molar-refractivity contribution in [3.05, 3.63) is 69.0 Å². The Morgan fingerprint density at radius 1 is 1.11 bits per heavy atom. The molecule has 2 aromatic rings. The van der Waals surface area contributed by atoms with Gasteiger partial charge in [0.05, 0.1) is 9.80 Å². The first kappa shape index (κ1) is 20.2. The number of amides is 1. The number of carbonyl (C=O) groups is 1. The standard InChI is InChI=1S/C18H15BrN2O3S3/c19-14-5-1-13(2-6-14)11-16-17(22)21(18(25)26-16)10-9-12-3-7-15(8-4-12)27(20,23)24/h1-8,11H,9-10H2,(H2,20,23,24)/b16-11+. The normalized spacial score (nSPS) is 16.4. The van der Waals surface area contributed by atoms with Crippen LogP contribution in [-0.4, -0.2) is 30.1 Å². The summed E-state index contributed by atoms with van der Waals surface area (Å²) in [7, 11) is -3.71. The van der Waals surface area contributed by atoms with Crippen molar-refractivity contribution in [2.24, 2.45) is 5.14 Å². The molecule has 0 saturated carbocycles. The second-order valence-corrected chi connectivity index (χ2v) is 9.98. The molecular formula is C18H15BrN2O3S3. The summed E-state index contributed by atoms with van der Waals surface area (Å²) in [6.45, 7) is 0.428. The Hall–Kier alpha value is -1.52. The van der Waals surface area contributed by atoms with E-state index in [-0.39, 0.29) is 10.8 Å². The number of nitrogens with zero attached hydrogens (tertiary/aromatic N) is 1. The lowest BCUT2D eigenvalue weighted by molar-refractivity contribution is -0.122. The van der Waals surface area contributed by atoms with Gasteiger partial charge in [-0.3, -0.25) is 9.69 Å². The van der Waals surface area contributed by atoms with Crippen LogP contribution in [0.15, 0.2) is 62.8 Å². The van der Waals surface area contributed by atoms with Gasteiger partial charge in [0.15, 0.2) is 0 Å². The minimum absolute atomic E-state index is 0.0642. The van der Waals surface area contributed by atoms with Gasteiger partial charge >= 0.3 is 0 Å². The smallest absolute Gasteiger partial charge is 0.266 e. The van der Waals surface area contributed by atoms with Crippen LogP contribution in [0.4, 0.5) is 0 Å². The van der Waals surface area contributed by atoms with Crippen LogP contribution in [0.3, 0.4) is 0 Å². The predicted molar refractivity (Wildman–Crippen MR) is 116 cm³/mol. The molecule has 3 rings (SSSR count). The quantitative estimate of drug-likeness (QED) is 0.520. The average Bonchev–Trinajstić information content (AvgIpc) is 2.88. The van der Waals surface area contributed by atoms with E-state index in [2.05, 4.69) is 15.9 Å². The fourth-order valence-corrected chi connectivity index (χ4v) is 4.58. The third-order valence-corrected chi connectivity index (χ3v) is 6.75. The maximum absolute atomic E-state index is 12.6. The summed E-state index contributed by atoms with van der Waals surface area (Å²) in [6, 6.07) is 14.0. The molecule has 9 heteroatoms. The topological polar surface area (TPSA) is 80.5 Å². The first-order chi connectivity index (χ1) is 12.7. The van der Waals surface area contributed by atoms with E-state index in [0.29, 0.717) is 22.2 Å². The Balaban J connectivity index is 1.68. The maximum Gasteiger partial charge on any atom is 0.266 e. The van der Waals surface area contributed by atoms with E-state index in [4.69, 9.17) is 17.4 Å². The largest absolute Gasteiger partial charge is 0.293 e. The van der Waals surface area contributed by atoms with E-state index in [1.165, 1.54) is 23.9 Å². The van der Waals surface area contributed by atoms with Crippen molar-refractivity contribution in [1.82, 2.24) is 4.90 Å². The molecule has 27 heavy (non-hydrogen) atoms. The van der Waals surface area contributed by atoms with Gasteiger partial charge in [0, 0.05) is 11.0 Å². The zero-order valence-corrected chi connectivity index (χ0v) is 18.0. The molecule has 1 fully saturated rings. The molecule has 1 aliphatic heterocycles. The van der Waals surface area contributed by atoms with Crippen LogP contribution in [0.2, 0.25) is 0 Å². The third kappa shape index (κ3) is 5.05. The first-order valence-electron chi connectivity index (χ1n) is 7.87. The molecule has 2 aromatic carbocycles. The highest BCUT2D eigenvalue weighted by molar-refractivity contribution is 9.10. The maximum atomic E-state index is 12.6. The van der Waals surface area contributed by atoms with Crippen molar-refractivity contribution >= 4 is 66.2 Å². The van der Waals surface area contributed by atoms with E-state index in [9.17, 15) is 13.2 Å². The molecule has 0 spiro atoms. The molecule has 1 saturated heterocycles. The Morgan fingerprint density at radius 2 is 1.74 bits per heavy atom. The molecule has 5 nitrogen and oxygen atoms in total. The second kappa shape index (κ2) is 8.24. The van der Waals surface area contributed by atoms with Gasteiger partial charge in [-0.2, -0.15) is 0 Å². The van der Waals surface area contributed by atoms with Crippen molar-refractivity contribution < 1.29 is 13.2 Å². The summed E-state index contributed by atoms with van der Waals surface area (Å²) in [5.41, 5.74) is 1.82. The molecule has 0 bridgehead atoms. The number of hydrogen-bond donors (Lipinski definition) is 1. The highest BCUT2D eigenvalue weighted by Crippen LogP contribution is 2.32. The molecule has 0 atom stereocenters. The van der Waals surface area contributed by atoms with Gasteiger partial charge in [0.25, 0.3) is 5.91 Å². The van der Waals surface area contributed by atoms with E-state index < -0.39 is 10.0 Å². The van der Waals surface area contributed by atoms with Crippen molar-refractivity contribution in [1.29, 1.82) is 0 Å². The number of thioether (sulfide) groups is 1. The summed E-state index contributed by atoms with van der Waals surface area (Å²) in [4.78, 5) is 14.9. The number of carbonyl (C=O) groups excluding carboxylic acids is 1. The molecular weight excluding hydrogens is 468 g/mol. The van der Waals surface area contributed by atoms with Gasteiger partial charge in [0.2, 0.25) is 10.0 Å². The van der Waals surface area contributed by atoms with Crippen LogP contribution in [0, 0.1) is 0 Å². The monoisotopic (exact) mass is 482 g/mol. The lowest BCUT2D eigenvalue weighted by Gasteiger charge is -2.14. The minimum atomic E-state index is -3.71. The SMILES string of the molecule is NS(=O)(=O)c1ccc(CCN2C(=O)/C(=C\c3ccc(Br)cc3)SC2=S)cc1. The van der Waals surface area contributed by atoms with E-state index in [1.54, 1.807) is 17.0 Å². The van der Waals surface area contributed by atoms with Gasteiger partial charge in [-0.1, -0.05) is 64.2 Å². The number of hydrogen-bond acceptors (Lipinski definition) is 5. The Labute approximate surface area is 175 Å².